The number of fused-ring (bicyclic) bond motifs is 1. The van der Waals surface area contributed by atoms with Gasteiger partial charge in [-0.05, 0) is 34.7 Å². The quantitative estimate of drug-likeness (QED) is 0.470. The van der Waals surface area contributed by atoms with Crippen molar-refractivity contribution in [2.45, 2.75) is 4.90 Å². The molecule has 0 saturated carbocycles. The Hall–Kier alpha value is -1.26. The molecule has 0 atom stereocenters. The smallest absolute Gasteiger partial charge is 0.224 e. The minimum absolute atomic E-state index is 0.135. The van der Waals surface area contributed by atoms with Crippen LogP contribution >= 0.6 is 34.2 Å². The molecule has 0 N–H and O–H groups in total. The molecule has 3 rings (SSSR count). The fourth-order valence-electron chi connectivity index (χ4n) is 1.71. The van der Waals surface area contributed by atoms with Crippen LogP contribution in [-0.2, 0) is 10.0 Å². The van der Waals surface area contributed by atoms with Crippen molar-refractivity contribution >= 4 is 55.2 Å². The fourth-order valence-corrected chi connectivity index (χ4v) is 4.21. The second-order valence-electron chi connectivity index (χ2n) is 3.81. The summed E-state index contributed by atoms with van der Waals surface area (Å²) in [6, 6.07) is 8.02. The second kappa shape index (κ2) is 4.93. The molecule has 3 aromatic rings. The maximum Gasteiger partial charge on any atom is 0.284 e. The topological polar surface area (TPSA) is 77.7 Å². The summed E-state index contributed by atoms with van der Waals surface area (Å²) >= 11 is 7.87. The first-order chi connectivity index (χ1) is 9.51. The Morgan fingerprint density at radius 3 is 2.55 bits per heavy atom. The van der Waals surface area contributed by atoms with Gasteiger partial charge in [-0.3, -0.25) is 0 Å². The molecule has 0 spiro atoms. The lowest BCUT2D eigenvalue weighted by Crippen LogP contribution is -2.15. The SMILES string of the molecule is O=S(=O)(c1ccccc1)n1nc(I)c2c(Cl)ncnc21. The third-order valence-electron chi connectivity index (χ3n) is 2.62. The van der Waals surface area contributed by atoms with Crippen LogP contribution in [0.1, 0.15) is 0 Å². The molecule has 0 radical (unpaired) electrons. The average molecular weight is 421 g/mol. The van der Waals surface area contributed by atoms with Crippen molar-refractivity contribution < 1.29 is 8.42 Å². The second-order valence-corrected chi connectivity index (χ2v) is 6.96. The zero-order valence-corrected chi connectivity index (χ0v) is 13.5. The molecule has 0 unspecified atom stereocenters. The monoisotopic (exact) mass is 420 g/mol. The van der Waals surface area contributed by atoms with Gasteiger partial charge >= 0.3 is 0 Å². The molecule has 0 saturated heterocycles. The van der Waals surface area contributed by atoms with Crippen molar-refractivity contribution in [3.05, 3.63) is 45.5 Å². The number of rotatable bonds is 2. The third kappa shape index (κ3) is 2.07. The van der Waals surface area contributed by atoms with E-state index in [0.29, 0.717) is 9.09 Å². The summed E-state index contributed by atoms with van der Waals surface area (Å²) in [7, 11) is -3.81. The van der Waals surface area contributed by atoms with Crippen molar-refractivity contribution in [1.82, 2.24) is 19.2 Å². The van der Waals surface area contributed by atoms with Gasteiger partial charge in [0, 0.05) is 0 Å². The van der Waals surface area contributed by atoms with Crippen LogP contribution < -0.4 is 0 Å². The van der Waals surface area contributed by atoms with Crippen molar-refractivity contribution in [2.24, 2.45) is 0 Å². The number of aromatic nitrogens is 4. The molecule has 2 aromatic heterocycles. The Labute approximate surface area is 133 Å². The van der Waals surface area contributed by atoms with E-state index in [2.05, 4.69) is 15.1 Å². The van der Waals surface area contributed by atoms with Gasteiger partial charge in [-0.15, -0.1) is 9.19 Å². The molecule has 0 amide bonds. The van der Waals surface area contributed by atoms with Gasteiger partial charge in [0.25, 0.3) is 10.0 Å². The Morgan fingerprint density at radius 1 is 1.15 bits per heavy atom. The lowest BCUT2D eigenvalue weighted by molar-refractivity contribution is 0.581. The zero-order valence-electron chi connectivity index (χ0n) is 9.73. The van der Waals surface area contributed by atoms with Crippen LogP contribution in [0.15, 0.2) is 41.6 Å². The summed E-state index contributed by atoms with van der Waals surface area (Å²) in [5.41, 5.74) is 0.165. The molecule has 0 fully saturated rings. The van der Waals surface area contributed by atoms with E-state index in [1.54, 1.807) is 18.2 Å². The maximum atomic E-state index is 12.6. The van der Waals surface area contributed by atoms with Crippen LogP contribution in [0.5, 0.6) is 0 Å². The van der Waals surface area contributed by atoms with Crippen molar-refractivity contribution in [3.63, 3.8) is 0 Å². The molecule has 1 aromatic carbocycles. The highest BCUT2D eigenvalue weighted by Gasteiger charge is 2.24. The van der Waals surface area contributed by atoms with Crippen LogP contribution in [0, 0.1) is 3.70 Å². The number of nitrogens with zero attached hydrogens (tertiary/aromatic N) is 4. The van der Waals surface area contributed by atoms with E-state index in [4.69, 9.17) is 11.6 Å². The number of hydrogen-bond donors (Lipinski definition) is 0. The summed E-state index contributed by atoms with van der Waals surface area (Å²) in [4.78, 5) is 7.95. The Kier molecular flexibility index (Phi) is 3.38. The Morgan fingerprint density at radius 2 is 1.85 bits per heavy atom. The third-order valence-corrected chi connectivity index (χ3v) is 5.24. The molecule has 0 aliphatic rings. The zero-order chi connectivity index (χ0) is 14.3. The van der Waals surface area contributed by atoms with E-state index >= 15 is 0 Å². The highest BCUT2D eigenvalue weighted by atomic mass is 127. The van der Waals surface area contributed by atoms with Gasteiger partial charge in [0.05, 0.1) is 10.3 Å². The largest absolute Gasteiger partial charge is 0.284 e. The highest BCUT2D eigenvalue weighted by molar-refractivity contribution is 14.1. The summed E-state index contributed by atoms with van der Waals surface area (Å²) in [5, 5.41) is 4.63. The van der Waals surface area contributed by atoms with Crippen LogP contribution in [0.4, 0.5) is 0 Å². The van der Waals surface area contributed by atoms with Crippen molar-refractivity contribution in [2.75, 3.05) is 0 Å². The van der Waals surface area contributed by atoms with Gasteiger partial charge in [-0.25, -0.2) is 9.97 Å². The summed E-state index contributed by atoms with van der Waals surface area (Å²) in [6.45, 7) is 0. The normalized spacial score (nSPS) is 11.9. The van der Waals surface area contributed by atoms with Gasteiger partial charge in [-0.1, -0.05) is 29.8 Å². The average Bonchev–Trinajstić information content (AvgIpc) is 2.79. The summed E-state index contributed by atoms with van der Waals surface area (Å²) in [5.74, 6) is 0. The summed E-state index contributed by atoms with van der Waals surface area (Å²) < 4.78 is 26.4. The first kappa shape index (κ1) is 13.7. The summed E-state index contributed by atoms with van der Waals surface area (Å²) in [6.07, 6.45) is 1.21. The van der Waals surface area contributed by atoms with Gasteiger partial charge in [-0.2, -0.15) is 8.42 Å². The molecule has 2 heterocycles. The van der Waals surface area contributed by atoms with Crippen LogP contribution in [-0.4, -0.2) is 27.6 Å². The van der Waals surface area contributed by atoms with E-state index in [-0.39, 0.29) is 15.7 Å². The Bertz CT molecular complexity index is 895. The first-order valence-corrected chi connectivity index (χ1v) is 8.27. The molecule has 0 aliphatic heterocycles. The maximum absolute atomic E-state index is 12.6. The van der Waals surface area contributed by atoms with E-state index in [1.807, 2.05) is 22.6 Å². The molecule has 9 heteroatoms. The first-order valence-electron chi connectivity index (χ1n) is 5.37. The molecule has 0 aliphatic carbocycles. The molecule has 0 bridgehead atoms. The van der Waals surface area contributed by atoms with Crippen LogP contribution in [0.2, 0.25) is 5.15 Å². The van der Waals surface area contributed by atoms with E-state index < -0.39 is 10.0 Å². The lowest BCUT2D eigenvalue weighted by Gasteiger charge is -2.04. The predicted molar refractivity (Wildman–Crippen MR) is 82.1 cm³/mol. The van der Waals surface area contributed by atoms with Gasteiger partial charge < -0.3 is 0 Å². The Balaban J connectivity index is 2.34. The molecular weight excluding hydrogens is 415 g/mol. The van der Waals surface area contributed by atoms with Gasteiger partial charge in [0.1, 0.15) is 15.2 Å². The van der Waals surface area contributed by atoms with Crippen LogP contribution in [0.25, 0.3) is 11.0 Å². The molecule has 20 heavy (non-hydrogen) atoms. The molecule has 6 nitrogen and oxygen atoms in total. The number of hydrogen-bond acceptors (Lipinski definition) is 5. The molecular formula is C11H6ClIN4O2S. The number of benzene rings is 1. The minimum Gasteiger partial charge on any atom is -0.224 e. The predicted octanol–water partition coefficient (Wildman–Crippen LogP) is 2.32. The molecule has 102 valence electrons. The highest BCUT2D eigenvalue weighted by Crippen LogP contribution is 2.26. The standard InChI is InChI=1S/C11H6ClIN4O2S/c12-9-8-10(13)16-17(11(8)15-6-14-9)20(18,19)7-4-2-1-3-5-7/h1-6H. The van der Waals surface area contributed by atoms with Crippen molar-refractivity contribution in [1.29, 1.82) is 0 Å². The van der Waals surface area contributed by atoms with E-state index in [1.165, 1.54) is 18.5 Å². The van der Waals surface area contributed by atoms with Crippen molar-refractivity contribution in [3.8, 4) is 0 Å². The van der Waals surface area contributed by atoms with Gasteiger partial charge in [0.2, 0.25) is 0 Å². The van der Waals surface area contributed by atoms with Crippen LogP contribution in [0.3, 0.4) is 0 Å². The van der Waals surface area contributed by atoms with E-state index in [9.17, 15) is 8.42 Å². The van der Waals surface area contributed by atoms with E-state index in [0.717, 1.165) is 4.09 Å². The lowest BCUT2D eigenvalue weighted by atomic mass is 10.4. The minimum atomic E-state index is -3.81. The van der Waals surface area contributed by atoms with Gasteiger partial charge in [0.15, 0.2) is 5.65 Å². The number of halogens is 2. The fraction of sp³-hybridized carbons (Fsp3) is 0.